The lowest BCUT2D eigenvalue weighted by Crippen LogP contribution is -2.12. The van der Waals surface area contributed by atoms with E-state index >= 15 is 0 Å². The van der Waals surface area contributed by atoms with Crippen molar-refractivity contribution in [3.8, 4) is 5.75 Å². The summed E-state index contributed by atoms with van der Waals surface area (Å²) < 4.78 is 5.04. The van der Waals surface area contributed by atoms with E-state index in [1.165, 1.54) is 0 Å². The maximum Gasteiger partial charge on any atom is 0.272 e. The fraction of sp³-hybridized carbons (Fsp3) is 0.200. The van der Waals surface area contributed by atoms with Crippen LogP contribution in [0.3, 0.4) is 0 Å². The molecule has 104 valence electrons. The zero-order valence-corrected chi connectivity index (χ0v) is 11.4. The molecule has 0 aliphatic carbocycles. The second kappa shape index (κ2) is 6.06. The van der Waals surface area contributed by atoms with Crippen molar-refractivity contribution in [3.63, 3.8) is 0 Å². The van der Waals surface area contributed by atoms with Gasteiger partial charge in [0.25, 0.3) is 5.91 Å². The topological polar surface area (TPSA) is 71.2 Å². The van der Waals surface area contributed by atoms with Crippen molar-refractivity contribution >= 4 is 17.4 Å². The molecule has 2 N–H and O–H groups in total. The van der Waals surface area contributed by atoms with E-state index in [4.69, 9.17) is 4.74 Å². The zero-order chi connectivity index (χ0) is 14.5. The van der Waals surface area contributed by atoms with Gasteiger partial charge in [-0.1, -0.05) is 6.92 Å². The summed E-state index contributed by atoms with van der Waals surface area (Å²) in [4.78, 5) is 26.3. The van der Waals surface area contributed by atoms with Crippen LogP contribution in [0.4, 0.5) is 5.69 Å². The molecule has 0 aliphatic heterocycles. The highest BCUT2D eigenvalue weighted by molar-refractivity contribution is 6.05. The van der Waals surface area contributed by atoms with Crippen LogP contribution in [0.15, 0.2) is 36.5 Å². The molecule has 0 saturated carbocycles. The van der Waals surface area contributed by atoms with E-state index in [9.17, 15) is 9.59 Å². The minimum Gasteiger partial charge on any atom is -0.497 e. The van der Waals surface area contributed by atoms with E-state index in [0.717, 1.165) is 5.75 Å². The van der Waals surface area contributed by atoms with Crippen LogP contribution in [-0.2, 0) is 0 Å². The Morgan fingerprint density at radius 2 is 1.95 bits per heavy atom. The number of ketones is 1. The molecule has 0 radical (unpaired) electrons. The van der Waals surface area contributed by atoms with E-state index in [-0.39, 0.29) is 11.7 Å². The number of ether oxygens (including phenoxy) is 1. The molecule has 0 spiro atoms. The third kappa shape index (κ3) is 3.06. The van der Waals surface area contributed by atoms with Crippen molar-refractivity contribution in [2.24, 2.45) is 0 Å². The Labute approximate surface area is 117 Å². The van der Waals surface area contributed by atoms with E-state index in [1.807, 2.05) is 0 Å². The van der Waals surface area contributed by atoms with Gasteiger partial charge in [-0.3, -0.25) is 9.59 Å². The predicted molar refractivity (Wildman–Crippen MR) is 76.4 cm³/mol. The maximum absolute atomic E-state index is 12.0. The number of hydrogen-bond acceptors (Lipinski definition) is 3. The number of aromatic nitrogens is 1. The zero-order valence-electron chi connectivity index (χ0n) is 11.4. The van der Waals surface area contributed by atoms with Gasteiger partial charge in [-0.15, -0.1) is 0 Å². The van der Waals surface area contributed by atoms with E-state index in [1.54, 1.807) is 50.6 Å². The van der Waals surface area contributed by atoms with Gasteiger partial charge in [-0.05, 0) is 30.3 Å². The molecule has 1 aromatic carbocycles. The van der Waals surface area contributed by atoms with Crippen LogP contribution in [0.2, 0.25) is 0 Å². The molecule has 0 aliphatic rings. The first kappa shape index (κ1) is 13.9. The number of Topliss-reactive ketones (excluding diaryl/α,β-unsaturated/α-hetero) is 1. The molecule has 2 rings (SSSR count). The molecule has 0 unspecified atom stereocenters. The van der Waals surface area contributed by atoms with Gasteiger partial charge in [0, 0.05) is 23.9 Å². The molecule has 1 heterocycles. The van der Waals surface area contributed by atoms with Crippen molar-refractivity contribution in [2.75, 3.05) is 12.4 Å². The van der Waals surface area contributed by atoms with Gasteiger partial charge in [-0.25, -0.2) is 0 Å². The fourth-order valence-electron chi connectivity index (χ4n) is 1.76. The average molecular weight is 272 g/mol. The first-order chi connectivity index (χ1) is 9.63. The van der Waals surface area contributed by atoms with Gasteiger partial charge in [0.1, 0.15) is 11.4 Å². The number of H-pyrrole nitrogens is 1. The second-order valence-electron chi connectivity index (χ2n) is 4.26. The Balaban J connectivity index is 2.07. The number of nitrogens with one attached hydrogen (secondary N) is 2. The van der Waals surface area contributed by atoms with Gasteiger partial charge < -0.3 is 15.0 Å². The molecular weight excluding hydrogens is 256 g/mol. The molecule has 0 bridgehead atoms. The predicted octanol–water partition coefficient (Wildman–Crippen LogP) is 2.87. The standard InChI is InChI=1S/C15H16N2O3/c1-3-14(18)10-8-13(16-9-10)15(19)17-11-4-6-12(20-2)7-5-11/h4-9,16H,3H2,1-2H3,(H,17,19). The monoisotopic (exact) mass is 272 g/mol. The van der Waals surface area contributed by atoms with E-state index < -0.39 is 0 Å². The number of aromatic amines is 1. The lowest BCUT2D eigenvalue weighted by Gasteiger charge is -2.04. The summed E-state index contributed by atoms with van der Waals surface area (Å²) in [5.74, 6) is 0.439. The fourth-order valence-corrected chi connectivity index (χ4v) is 1.76. The average Bonchev–Trinajstić information content (AvgIpc) is 2.97. The Morgan fingerprint density at radius 1 is 1.25 bits per heavy atom. The highest BCUT2D eigenvalue weighted by Gasteiger charge is 2.12. The summed E-state index contributed by atoms with van der Waals surface area (Å²) in [6.07, 6.45) is 1.96. The number of hydrogen-bond donors (Lipinski definition) is 2. The van der Waals surface area contributed by atoms with Crippen LogP contribution >= 0.6 is 0 Å². The van der Waals surface area contributed by atoms with Crippen LogP contribution in [0.1, 0.15) is 34.2 Å². The Bertz CT molecular complexity index is 614. The maximum atomic E-state index is 12.0. The number of rotatable bonds is 5. The largest absolute Gasteiger partial charge is 0.497 e. The molecule has 20 heavy (non-hydrogen) atoms. The molecule has 0 fully saturated rings. The van der Waals surface area contributed by atoms with Crippen molar-refractivity contribution in [1.29, 1.82) is 0 Å². The van der Waals surface area contributed by atoms with Crippen molar-refractivity contribution < 1.29 is 14.3 Å². The molecule has 2 aromatic rings. The summed E-state index contributed by atoms with van der Waals surface area (Å²) in [7, 11) is 1.58. The van der Waals surface area contributed by atoms with Crippen LogP contribution in [0.25, 0.3) is 0 Å². The van der Waals surface area contributed by atoms with E-state index in [2.05, 4.69) is 10.3 Å². The normalized spacial score (nSPS) is 10.1. The van der Waals surface area contributed by atoms with Gasteiger partial charge in [0.05, 0.1) is 7.11 Å². The molecule has 5 nitrogen and oxygen atoms in total. The number of carbonyl (C=O) groups is 2. The summed E-state index contributed by atoms with van der Waals surface area (Å²) in [5.41, 5.74) is 1.54. The molecule has 1 amide bonds. The lowest BCUT2D eigenvalue weighted by atomic mass is 10.2. The number of methoxy groups -OCH3 is 1. The second-order valence-corrected chi connectivity index (χ2v) is 4.26. The molecular formula is C15H16N2O3. The Hall–Kier alpha value is -2.56. The van der Waals surface area contributed by atoms with Crippen molar-refractivity contribution in [1.82, 2.24) is 4.98 Å². The minimum absolute atomic E-state index is 0.00440. The third-order valence-electron chi connectivity index (χ3n) is 2.92. The van der Waals surface area contributed by atoms with Crippen LogP contribution < -0.4 is 10.1 Å². The van der Waals surface area contributed by atoms with Crippen LogP contribution in [0, 0.1) is 0 Å². The first-order valence-electron chi connectivity index (χ1n) is 6.31. The minimum atomic E-state index is -0.287. The summed E-state index contributed by atoms with van der Waals surface area (Å²) in [5, 5.41) is 2.74. The highest BCUT2D eigenvalue weighted by Crippen LogP contribution is 2.16. The highest BCUT2D eigenvalue weighted by atomic mass is 16.5. The number of amides is 1. The first-order valence-corrected chi connectivity index (χ1v) is 6.31. The van der Waals surface area contributed by atoms with Crippen LogP contribution in [0.5, 0.6) is 5.75 Å². The smallest absolute Gasteiger partial charge is 0.272 e. The van der Waals surface area contributed by atoms with Gasteiger partial charge >= 0.3 is 0 Å². The third-order valence-corrected chi connectivity index (χ3v) is 2.92. The Morgan fingerprint density at radius 3 is 2.55 bits per heavy atom. The van der Waals surface area contributed by atoms with Crippen molar-refractivity contribution in [2.45, 2.75) is 13.3 Å². The quantitative estimate of drug-likeness (QED) is 0.822. The number of benzene rings is 1. The van der Waals surface area contributed by atoms with Crippen LogP contribution in [-0.4, -0.2) is 23.8 Å². The summed E-state index contributed by atoms with van der Waals surface area (Å²) in [6, 6.07) is 8.58. The van der Waals surface area contributed by atoms with Gasteiger partial charge in [-0.2, -0.15) is 0 Å². The summed E-state index contributed by atoms with van der Waals surface area (Å²) >= 11 is 0. The molecule has 0 atom stereocenters. The SMILES string of the molecule is CCC(=O)c1c[nH]c(C(=O)Nc2ccc(OC)cc2)c1. The van der Waals surface area contributed by atoms with Crippen molar-refractivity contribution in [3.05, 3.63) is 47.8 Å². The van der Waals surface area contributed by atoms with Gasteiger partial charge in [0.15, 0.2) is 5.78 Å². The molecule has 0 saturated heterocycles. The number of carbonyl (C=O) groups excluding carboxylic acids is 2. The molecule has 5 heteroatoms. The van der Waals surface area contributed by atoms with E-state index in [0.29, 0.717) is 23.4 Å². The number of anilines is 1. The Kier molecular flexibility index (Phi) is 4.20. The lowest BCUT2D eigenvalue weighted by molar-refractivity contribution is 0.0988. The van der Waals surface area contributed by atoms with Gasteiger partial charge in [0.2, 0.25) is 0 Å². The summed E-state index contributed by atoms with van der Waals surface area (Å²) in [6.45, 7) is 1.78. The molecule has 1 aromatic heterocycles.